The van der Waals surface area contributed by atoms with Gasteiger partial charge in [0.05, 0.1) is 36.8 Å². The van der Waals surface area contributed by atoms with Crippen LogP contribution in [-0.2, 0) is 0 Å². The summed E-state index contributed by atoms with van der Waals surface area (Å²) in [6.07, 6.45) is 0. The van der Waals surface area contributed by atoms with Crippen molar-refractivity contribution in [3.63, 3.8) is 0 Å². The topological polar surface area (TPSA) is 120 Å². The van der Waals surface area contributed by atoms with Crippen LogP contribution >= 0.6 is 46.4 Å². The van der Waals surface area contributed by atoms with Gasteiger partial charge in [-0.1, -0.05) is 46.4 Å². The molecule has 0 aliphatic heterocycles. The van der Waals surface area contributed by atoms with Gasteiger partial charge in [0.15, 0.2) is 0 Å². The molecule has 26 heavy (non-hydrogen) atoms. The molecule has 6 nitrogen and oxygen atoms in total. The second-order valence-electron chi connectivity index (χ2n) is 4.51. The summed E-state index contributed by atoms with van der Waals surface area (Å²) in [5, 5.41) is 44.0. The predicted octanol–water partition coefficient (Wildman–Crippen LogP) is 6.20. The molecule has 0 aliphatic carbocycles. The Morgan fingerprint density at radius 2 is 1.19 bits per heavy atom. The van der Waals surface area contributed by atoms with E-state index < -0.39 is 0 Å². The van der Waals surface area contributed by atoms with E-state index in [4.69, 9.17) is 51.7 Å². The van der Waals surface area contributed by atoms with E-state index >= 15 is 0 Å². The Hall–Kier alpha value is -2.84. The first-order valence-corrected chi connectivity index (χ1v) is 7.97. The minimum atomic E-state index is -0.235. The Labute approximate surface area is 167 Å². The largest absolute Gasteiger partial charge is 0.192 e. The third kappa shape index (κ3) is 3.29. The van der Waals surface area contributed by atoms with Gasteiger partial charge in [0.1, 0.15) is 41.2 Å². The summed E-state index contributed by atoms with van der Waals surface area (Å²) in [6, 6.07) is 9.92. The number of rotatable bonds is 2. The van der Waals surface area contributed by atoms with Crippen molar-refractivity contribution in [1.29, 1.82) is 21.0 Å². The van der Waals surface area contributed by atoms with Crippen molar-refractivity contribution >= 4 is 57.8 Å². The smallest absolute Gasteiger partial charge is 0.125 e. The van der Waals surface area contributed by atoms with Gasteiger partial charge < -0.3 is 0 Å². The maximum Gasteiger partial charge on any atom is 0.125 e. The van der Waals surface area contributed by atoms with E-state index in [9.17, 15) is 15.8 Å². The minimum absolute atomic E-state index is 0.0457. The Morgan fingerprint density at radius 1 is 0.615 bits per heavy atom. The molecule has 0 amide bonds. The number of benzene rings is 2. The van der Waals surface area contributed by atoms with Crippen LogP contribution in [0.25, 0.3) is 0 Å². The predicted molar refractivity (Wildman–Crippen MR) is 96.0 cm³/mol. The Balaban J connectivity index is 2.79. The number of halogens is 4. The van der Waals surface area contributed by atoms with Gasteiger partial charge in [0.2, 0.25) is 0 Å². The molecule has 0 unspecified atom stereocenters. The maximum absolute atomic E-state index is 9.32. The number of nitriles is 4. The highest BCUT2D eigenvalue weighted by Crippen LogP contribution is 2.44. The molecule has 10 heteroatoms. The van der Waals surface area contributed by atoms with E-state index in [1.165, 1.54) is 12.1 Å². The highest BCUT2D eigenvalue weighted by Gasteiger charge is 2.22. The molecule has 0 N–H and O–H groups in total. The molecular weight excluding hydrogens is 418 g/mol. The van der Waals surface area contributed by atoms with E-state index in [0.29, 0.717) is 0 Å². The summed E-state index contributed by atoms with van der Waals surface area (Å²) in [6.45, 7) is 0. The minimum Gasteiger partial charge on any atom is -0.192 e. The van der Waals surface area contributed by atoms with Crippen molar-refractivity contribution in [2.24, 2.45) is 10.2 Å². The van der Waals surface area contributed by atoms with Crippen LogP contribution in [0, 0.1) is 45.3 Å². The first kappa shape index (κ1) is 19.5. The van der Waals surface area contributed by atoms with Crippen LogP contribution < -0.4 is 0 Å². The molecule has 0 heterocycles. The number of nitrogens with zero attached hydrogens (tertiary/aromatic N) is 6. The molecule has 0 saturated heterocycles. The average molecular weight is 420 g/mol. The van der Waals surface area contributed by atoms with E-state index in [-0.39, 0.29) is 53.7 Å². The third-order valence-corrected chi connectivity index (χ3v) is 4.76. The zero-order valence-corrected chi connectivity index (χ0v) is 15.4. The van der Waals surface area contributed by atoms with Crippen LogP contribution in [0.15, 0.2) is 22.4 Å². The van der Waals surface area contributed by atoms with Gasteiger partial charge in [-0.25, -0.2) is 0 Å². The standard InChI is InChI=1S/C16H2Cl4N6/c17-11-2-1-7(3-21)8(4-22)15(11)25-26-16-10(6-24)9(5-23)12(18)13(19)14(16)20/h1-2H. The van der Waals surface area contributed by atoms with Crippen LogP contribution in [0.4, 0.5) is 11.4 Å². The Bertz CT molecular complexity index is 1130. The molecule has 0 atom stereocenters. The third-order valence-electron chi connectivity index (χ3n) is 3.13. The van der Waals surface area contributed by atoms with Crippen LogP contribution in [0.5, 0.6) is 0 Å². The first-order chi connectivity index (χ1) is 12.4. The quantitative estimate of drug-likeness (QED) is 0.424. The van der Waals surface area contributed by atoms with E-state index in [1.807, 2.05) is 12.1 Å². The molecule has 0 radical (unpaired) electrons. The number of hydrogen-bond acceptors (Lipinski definition) is 6. The summed E-state index contributed by atoms with van der Waals surface area (Å²) < 4.78 is 0. The first-order valence-electron chi connectivity index (χ1n) is 6.46. The molecule has 0 bridgehead atoms. The zero-order chi connectivity index (χ0) is 19.4. The molecule has 0 aliphatic rings. The fourth-order valence-electron chi connectivity index (χ4n) is 1.93. The van der Waals surface area contributed by atoms with E-state index in [2.05, 4.69) is 10.2 Å². The van der Waals surface area contributed by atoms with Gasteiger partial charge in [0.25, 0.3) is 0 Å². The Kier molecular flexibility index (Phi) is 6.01. The van der Waals surface area contributed by atoms with Crippen molar-refractivity contribution in [2.75, 3.05) is 0 Å². The van der Waals surface area contributed by atoms with Crippen molar-refractivity contribution in [2.45, 2.75) is 0 Å². The normalized spacial score (nSPS) is 10.0. The summed E-state index contributed by atoms with van der Waals surface area (Å²) in [5.74, 6) is 0. The molecule has 0 aromatic heterocycles. The van der Waals surface area contributed by atoms with Crippen molar-refractivity contribution in [3.8, 4) is 24.3 Å². The highest BCUT2D eigenvalue weighted by atomic mass is 35.5. The lowest BCUT2D eigenvalue weighted by atomic mass is 10.1. The number of hydrogen-bond donors (Lipinski definition) is 0. The summed E-state index contributed by atoms with van der Waals surface area (Å²) in [4.78, 5) is 0. The van der Waals surface area contributed by atoms with E-state index in [1.54, 1.807) is 12.1 Å². The lowest BCUT2D eigenvalue weighted by Gasteiger charge is -2.08. The van der Waals surface area contributed by atoms with Crippen molar-refractivity contribution < 1.29 is 0 Å². The van der Waals surface area contributed by atoms with E-state index in [0.717, 1.165) is 0 Å². The van der Waals surface area contributed by atoms with Crippen molar-refractivity contribution in [1.82, 2.24) is 0 Å². The average Bonchev–Trinajstić information content (AvgIpc) is 2.65. The second kappa shape index (κ2) is 8.03. The molecule has 2 rings (SSSR count). The molecule has 2 aromatic carbocycles. The van der Waals surface area contributed by atoms with Gasteiger partial charge in [-0.15, -0.1) is 10.2 Å². The molecular formula is C16H2Cl4N6. The number of azo groups is 1. The second-order valence-corrected chi connectivity index (χ2v) is 6.05. The monoisotopic (exact) mass is 418 g/mol. The van der Waals surface area contributed by atoms with Crippen LogP contribution in [0.3, 0.4) is 0 Å². The molecule has 0 fully saturated rings. The fourth-order valence-corrected chi connectivity index (χ4v) is 2.81. The highest BCUT2D eigenvalue weighted by molar-refractivity contribution is 6.49. The zero-order valence-electron chi connectivity index (χ0n) is 12.3. The fraction of sp³-hybridized carbons (Fsp3) is 0. The maximum atomic E-state index is 9.32. The summed E-state index contributed by atoms with van der Waals surface area (Å²) in [5.41, 5.74) is -0.792. The lowest BCUT2D eigenvalue weighted by molar-refractivity contribution is 1.21. The van der Waals surface area contributed by atoms with Gasteiger partial charge in [0, 0.05) is 0 Å². The van der Waals surface area contributed by atoms with Gasteiger partial charge in [-0.05, 0) is 12.1 Å². The molecule has 124 valence electrons. The summed E-state index contributed by atoms with van der Waals surface area (Å²) >= 11 is 24.0. The van der Waals surface area contributed by atoms with Crippen LogP contribution in [-0.4, -0.2) is 0 Å². The SMILES string of the molecule is N#Cc1ccc(Cl)c(N=Nc2c(Cl)c(Cl)c(Cl)c(C#N)c2C#N)c1C#N. The molecule has 2 aromatic rings. The molecule has 0 saturated carbocycles. The van der Waals surface area contributed by atoms with Crippen LogP contribution in [0.2, 0.25) is 20.1 Å². The van der Waals surface area contributed by atoms with Gasteiger partial charge in [-0.2, -0.15) is 21.0 Å². The van der Waals surface area contributed by atoms with Gasteiger partial charge >= 0.3 is 0 Å². The lowest BCUT2D eigenvalue weighted by Crippen LogP contribution is -1.90. The van der Waals surface area contributed by atoms with Gasteiger partial charge in [-0.3, -0.25) is 0 Å². The Morgan fingerprint density at radius 3 is 1.73 bits per heavy atom. The summed E-state index contributed by atoms with van der Waals surface area (Å²) in [7, 11) is 0. The van der Waals surface area contributed by atoms with Crippen molar-refractivity contribution in [3.05, 3.63) is 54.5 Å². The van der Waals surface area contributed by atoms with Crippen LogP contribution in [0.1, 0.15) is 22.3 Å². The molecule has 0 spiro atoms.